The number of para-hydroxylation sites is 1. The topological polar surface area (TPSA) is 75.3 Å². The summed E-state index contributed by atoms with van der Waals surface area (Å²) in [5.74, 6) is -0.617. The second-order valence-electron chi connectivity index (χ2n) is 5.16. The van der Waals surface area contributed by atoms with Crippen molar-refractivity contribution in [3.8, 4) is 0 Å². The van der Waals surface area contributed by atoms with E-state index in [0.29, 0.717) is 16.8 Å². The molecule has 0 bridgehead atoms. The molecule has 2 amide bonds. The van der Waals surface area contributed by atoms with Crippen molar-refractivity contribution in [1.82, 2.24) is 5.32 Å². The van der Waals surface area contributed by atoms with Gasteiger partial charge >= 0.3 is 0 Å². The molecule has 2 N–H and O–H groups in total. The van der Waals surface area contributed by atoms with Gasteiger partial charge in [0.15, 0.2) is 5.78 Å². The molecule has 0 saturated carbocycles. The normalized spacial score (nSPS) is 10.1. The van der Waals surface area contributed by atoms with Gasteiger partial charge in [0.05, 0.1) is 5.69 Å². The zero-order valence-electron chi connectivity index (χ0n) is 13.1. The molecule has 0 aliphatic heterocycles. The van der Waals surface area contributed by atoms with Crippen LogP contribution in [0.4, 0.5) is 5.69 Å². The lowest BCUT2D eigenvalue weighted by atomic mass is 10.1. The van der Waals surface area contributed by atoms with Crippen molar-refractivity contribution in [3.05, 3.63) is 64.1 Å². The molecule has 24 heavy (non-hydrogen) atoms. The molecule has 0 heterocycles. The summed E-state index contributed by atoms with van der Waals surface area (Å²) in [5, 5.41) is 5.39. The smallest absolute Gasteiger partial charge is 0.251 e. The van der Waals surface area contributed by atoms with Gasteiger partial charge in [0.1, 0.15) is 0 Å². The predicted molar refractivity (Wildman–Crippen MR) is 96.2 cm³/mol. The van der Waals surface area contributed by atoms with Crippen LogP contribution in [-0.4, -0.2) is 24.1 Å². The number of nitrogens with one attached hydrogen (secondary N) is 2. The summed E-state index contributed by atoms with van der Waals surface area (Å²) in [6, 6.07) is 13.8. The molecule has 0 spiro atoms. The molecule has 0 aliphatic carbocycles. The first kappa shape index (κ1) is 17.9. The standard InChI is InChI=1S/C18H17BrN2O3/c1-12(22)15-4-2-3-5-16(15)21-17(23)10-11-20-18(24)13-6-8-14(19)9-7-13/h2-9H,10-11H2,1H3,(H,20,24)(H,21,23). The maximum Gasteiger partial charge on any atom is 0.251 e. The molecule has 2 rings (SSSR count). The van der Waals surface area contributed by atoms with Crippen molar-refractivity contribution in [2.24, 2.45) is 0 Å². The van der Waals surface area contributed by atoms with Crippen LogP contribution in [0.15, 0.2) is 53.0 Å². The number of anilines is 1. The van der Waals surface area contributed by atoms with Crippen LogP contribution in [0.3, 0.4) is 0 Å². The Kier molecular flexibility index (Phi) is 6.26. The Hall–Kier alpha value is -2.47. The van der Waals surface area contributed by atoms with Gasteiger partial charge in [-0.15, -0.1) is 0 Å². The van der Waals surface area contributed by atoms with Gasteiger partial charge in [0.2, 0.25) is 5.91 Å². The Morgan fingerprint density at radius 2 is 1.67 bits per heavy atom. The average molecular weight is 389 g/mol. The summed E-state index contributed by atoms with van der Waals surface area (Å²) >= 11 is 3.31. The number of hydrogen-bond donors (Lipinski definition) is 2. The van der Waals surface area contributed by atoms with Crippen LogP contribution in [0.1, 0.15) is 34.1 Å². The van der Waals surface area contributed by atoms with Crippen LogP contribution >= 0.6 is 15.9 Å². The molecule has 5 nitrogen and oxygen atoms in total. The maximum absolute atomic E-state index is 12.0. The third-order valence-corrected chi connectivity index (χ3v) is 3.85. The van der Waals surface area contributed by atoms with Gasteiger partial charge in [-0.2, -0.15) is 0 Å². The lowest BCUT2D eigenvalue weighted by Crippen LogP contribution is -2.27. The molecular formula is C18H17BrN2O3. The number of rotatable bonds is 6. The van der Waals surface area contributed by atoms with E-state index in [2.05, 4.69) is 26.6 Å². The minimum absolute atomic E-state index is 0.116. The molecule has 6 heteroatoms. The van der Waals surface area contributed by atoms with Crippen molar-refractivity contribution in [2.45, 2.75) is 13.3 Å². The van der Waals surface area contributed by atoms with Gasteiger partial charge in [-0.3, -0.25) is 14.4 Å². The highest BCUT2D eigenvalue weighted by atomic mass is 79.9. The Balaban J connectivity index is 1.84. The highest BCUT2D eigenvalue weighted by Gasteiger charge is 2.10. The van der Waals surface area contributed by atoms with Gasteiger partial charge in [-0.25, -0.2) is 0 Å². The van der Waals surface area contributed by atoms with Gasteiger partial charge in [0, 0.05) is 28.6 Å². The molecule has 0 aliphatic rings. The molecular weight excluding hydrogens is 372 g/mol. The minimum Gasteiger partial charge on any atom is -0.352 e. The van der Waals surface area contributed by atoms with Gasteiger partial charge in [-0.05, 0) is 43.3 Å². The van der Waals surface area contributed by atoms with Gasteiger partial charge in [-0.1, -0.05) is 28.1 Å². The molecule has 0 fully saturated rings. The number of ketones is 1. The van der Waals surface area contributed by atoms with E-state index in [1.54, 1.807) is 48.5 Å². The quantitative estimate of drug-likeness (QED) is 0.744. The Morgan fingerprint density at radius 3 is 2.33 bits per heavy atom. The average Bonchev–Trinajstić information content (AvgIpc) is 2.55. The van der Waals surface area contributed by atoms with Crippen molar-refractivity contribution < 1.29 is 14.4 Å². The number of halogens is 1. The lowest BCUT2D eigenvalue weighted by Gasteiger charge is -2.09. The van der Waals surface area contributed by atoms with Crippen molar-refractivity contribution in [1.29, 1.82) is 0 Å². The van der Waals surface area contributed by atoms with E-state index in [1.165, 1.54) is 6.92 Å². The van der Waals surface area contributed by atoms with Gasteiger partial charge < -0.3 is 10.6 Å². The SMILES string of the molecule is CC(=O)c1ccccc1NC(=O)CCNC(=O)c1ccc(Br)cc1. The monoisotopic (exact) mass is 388 g/mol. The highest BCUT2D eigenvalue weighted by Crippen LogP contribution is 2.15. The third-order valence-electron chi connectivity index (χ3n) is 3.32. The van der Waals surface area contributed by atoms with E-state index in [1.807, 2.05) is 0 Å². The fraction of sp³-hybridized carbons (Fsp3) is 0.167. The fourth-order valence-corrected chi connectivity index (χ4v) is 2.37. The van der Waals surface area contributed by atoms with Crippen LogP contribution in [0.5, 0.6) is 0 Å². The molecule has 0 atom stereocenters. The first-order valence-corrected chi connectivity index (χ1v) is 8.20. The molecule has 0 aromatic heterocycles. The minimum atomic E-state index is -0.264. The van der Waals surface area contributed by atoms with E-state index in [0.717, 1.165) is 4.47 Å². The van der Waals surface area contributed by atoms with E-state index in [4.69, 9.17) is 0 Å². The van der Waals surface area contributed by atoms with Gasteiger partial charge in [0.25, 0.3) is 5.91 Å². The molecule has 2 aromatic rings. The second kappa shape index (κ2) is 8.40. The molecule has 2 aromatic carbocycles. The van der Waals surface area contributed by atoms with Crippen molar-refractivity contribution >= 4 is 39.2 Å². The number of carbonyl (C=O) groups is 3. The largest absolute Gasteiger partial charge is 0.352 e. The van der Waals surface area contributed by atoms with Crippen LogP contribution in [0, 0.1) is 0 Å². The van der Waals surface area contributed by atoms with Crippen LogP contribution in [0.2, 0.25) is 0 Å². The zero-order chi connectivity index (χ0) is 17.5. The van der Waals surface area contributed by atoms with E-state index in [9.17, 15) is 14.4 Å². The molecule has 0 radical (unpaired) electrons. The second-order valence-corrected chi connectivity index (χ2v) is 6.08. The summed E-state index contributed by atoms with van der Waals surface area (Å²) in [4.78, 5) is 35.4. The van der Waals surface area contributed by atoms with E-state index in [-0.39, 0.29) is 30.6 Å². The Morgan fingerprint density at radius 1 is 1.00 bits per heavy atom. The highest BCUT2D eigenvalue weighted by molar-refractivity contribution is 9.10. The zero-order valence-corrected chi connectivity index (χ0v) is 14.7. The summed E-state index contributed by atoms with van der Waals surface area (Å²) in [6.45, 7) is 1.66. The molecule has 124 valence electrons. The first-order chi connectivity index (χ1) is 11.5. The summed E-state index contributed by atoms with van der Waals surface area (Å²) in [7, 11) is 0. The fourth-order valence-electron chi connectivity index (χ4n) is 2.10. The summed E-state index contributed by atoms with van der Waals surface area (Å²) < 4.78 is 0.891. The summed E-state index contributed by atoms with van der Waals surface area (Å²) in [6.07, 6.45) is 0.120. The Labute approximate surface area is 148 Å². The number of Topliss-reactive ketones (excluding diaryl/α,β-unsaturated/α-hetero) is 1. The lowest BCUT2D eigenvalue weighted by molar-refractivity contribution is -0.116. The van der Waals surface area contributed by atoms with Crippen molar-refractivity contribution in [2.75, 3.05) is 11.9 Å². The Bertz CT molecular complexity index is 757. The van der Waals surface area contributed by atoms with Crippen LogP contribution in [0.25, 0.3) is 0 Å². The number of carbonyl (C=O) groups excluding carboxylic acids is 3. The molecule has 0 unspecified atom stereocenters. The van der Waals surface area contributed by atoms with Crippen LogP contribution in [-0.2, 0) is 4.79 Å². The first-order valence-electron chi connectivity index (χ1n) is 7.41. The number of hydrogen-bond acceptors (Lipinski definition) is 3. The van der Waals surface area contributed by atoms with E-state index < -0.39 is 0 Å². The van der Waals surface area contributed by atoms with Crippen LogP contribution < -0.4 is 10.6 Å². The molecule has 0 saturated heterocycles. The maximum atomic E-state index is 12.0. The number of amides is 2. The summed E-state index contributed by atoms with van der Waals surface area (Å²) in [5.41, 5.74) is 1.47. The van der Waals surface area contributed by atoms with Crippen molar-refractivity contribution in [3.63, 3.8) is 0 Å². The predicted octanol–water partition coefficient (Wildman–Crippen LogP) is 3.41. The number of benzene rings is 2. The van der Waals surface area contributed by atoms with E-state index >= 15 is 0 Å². The third kappa shape index (κ3) is 5.03.